The number of fused-ring (bicyclic) bond motifs is 1. The molecule has 3 aromatic rings. The largest absolute Gasteiger partial charge is 0.465 e. The number of carbonyl (C=O) groups is 2. The molecule has 1 atom stereocenters. The van der Waals surface area contributed by atoms with Gasteiger partial charge in [0.25, 0.3) is 5.56 Å². The molecule has 0 bridgehead atoms. The number of benzene rings is 2. The maximum atomic E-state index is 13.4. The molecule has 1 heterocycles. The van der Waals surface area contributed by atoms with Crippen LogP contribution >= 0.6 is 0 Å². The van der Waals surface area contributed by atoms with Gasteiger partial charge in [-0.25, -0.2) is 4.98 Å². The first-order valence-corrected chi connectivity index (χ1v) is 13.3. The number of hydrogen-bond donors (Lipinski definition) is 1. The zero-order valence-electron chi connectivity index (χ0n) is 21.8. The molecule has 2 aliphatic carbocycles. The number of aromatic nitrogens is 2. The Labute approximate surface area is 221 Å². The van der Waals surface area contributed by atoms with Crippen molar-refractivity contribution in [1.29, 1.82) is 5.26 Å². The molecule has 8 heteroatoms. The van der Waals surface area contributed by atoms with Crippen molar-refractivity contribution < 1.29 is 14.3 Å². The van der Waals surface area contributed by atoms with Gasteiger partial charge in [0, 0.05) is 13.5 Å². The first-order valence-electron chi connectivity index (χ1n) is 13.3. The summed E-state index contributed by atoms with van der Waals surface area (Å²) in [4.78, 5) is 43.9. The number of rotatable bonds is 8. The van der Waals surface area contributed by atoms with Gasteiger partial charge in [0.2, 0.25) is 5.91 Å². The van der Waals surface area contributed by atoms with Crippen LogP contribution in [-0.2, 0) is 33.3 Å². The second-order valence-electron chi connectivity index (χ2n) is 10.5. The normalized spacial score (nSPS) is 17.1. The van der Waals surface area contributed by atoms with Gasteiger partial charge in [0.15, 0.2) is 0 Å². The van der Waals surface area contributed by atoms with E-state index in [-0.39, 0.29) is 24.0 Å². The van der Waals surface area contributed by atoms with Gasteiger partial charge >= 0.3 is 5.97 Å². The first kappa shape index (κ1) is 25.7. The minimum absolute atomic E-state index is 0.0161. The molecule has 196 valence electrons. The van der Waals surface area contributed by atoms with Crippen molar-refractivity contribution in [2.75, 3.05) is 6.61 Å². The summed E-state index contributed by atoms with van der Waals surface area (Å²) in [6.45, 7) is 2.01. The SMILES string of the molecule is CCOC(=O)C(C(=O)NC1(c2ccc3c(c2)nc(Cc2ccc(C#N)cc2)c(=O)n3C)CC1)C1CCCC1. The molecule has 1 N–H and O–H groups in total. The van der Waals surface area contributed by atoms with Crippen LogP contribution in [0.25, 0.3) is 11.0 Å². The Morgan fingerprint density at radius 3 is 2.53 bits per heavy atom. The Bertz CT molecular complexity index is 1480. The summed E-state index contributed by atoms with van der Waals surface area (Å²) in [5.41, 5.74) is 3.46. The topological polar surface area (TPSA) is 114 Å². The Hall–Kier alpha value is -3.99. The highest BCUT2D eigenvalue weighted by molar-refractivity contribution is 5.98. The van der Waals surface area contributed by atoms with Crippen LogP contribution < -0.4 is 10.9 Å². The highest BCUT2D eigenvalue weighted by atomic mass is 16.5. The fourth-order valence-electron chi connectivity index (χ4n) is 5.66. The van der Waals surface area contributed by atoms with Crippen LogP contribution in [-0.4, -0.2) is 28.0 Å². The summed E-state index contributed by atoms with van der Waals surface area (Å²) in [7, 11) is 1.73. The van der Waals surface area contributed by atoms with Gasteiger partial charge in [-0.15, -0.1) is 0 Å². The van der Waals surface area contributed by atoms with E-state index in [4.69, 9.17) is 15.0 Å². The molecule has 0 spiro atoms. The van der Waals surface area contributed by atoms with Crippen LogP contribution in [0.2, 0.25) is 0 Å². The van der Waals surface area contributed by atoms with Crippen LogP contribution in [0.15, 0.2) is 47.3 Å². The molecule has 0 radical (unpaired) electrons. The van der Waals surface area contributed by atoms with E-state index < -0.39 is 17.4 Å². The predicted molar refractivity (Wildman–Crippen MR) is 142 cm³/mol. The van der Waals surface area contributed by atoms with Gasteiger partial charge < -0.3 is 14.6 Å². The van der Waals surface area contributed by atoms with E-state index in [9.17, 15) is 14.4 Å². The fourth-order valence-corrected chi connectivity index (χ4v) is 5.66. The highest BCUT2D eigenvalue weighted by Gasteiger charge is 2.49. The van der Waals surface area contributed by atoms with E-state index in [0.717, 1.165) is 49.7 Å². The molecule has 5 rings (SSSR count). The number of nitriles is 1. The fraction of sp³-hybridized carbons (Fsp3) is 0.433. The lowest BCUT2D eigenvalue weighted by molar-refractivity contribution is -0.154. The Balaban J connectivity index is 1.43. The van der Waals surface area contributed by atoms with Gasteiger partial charge in [-0.3, -0.25) is 14.4 Å². The molecule has 1 unspecified atom stereocenters. The number of nitrogens with zero attached hydrogens (tertiary/aromatic N) is 3. The third-order valence-corrected chi connectivity index (χ3v) is 7.96. The third-order valence-electron chi connectivity index (χ3n) is 7.96. The van der Waals surface area contributed by atoms with E-state index in [2.05, 4.69) is 11.4 Å². The monoisotopic (exact) mass is 512 g/mol. The molecule has 2 fully saturated rings. The molecule has 2 aliphatic rings. The first-order chi connectivity index (χ1) is 18.3. The van der Waals surface area contributed by atoms with Crippen LogP contribution in [0.5, 0.6) is 0 Å². The molecule has 1 amide bonds. The molecule has 8 nitrogen and oxygen atoms in total. The van der Waals surface area contributed by atoms with Gasteiger partial charge in [-0.05, 0) is 73.9 Å². The molecule has 0 aliphatic heterocycles. The maximum absolute atomic E-state index is 13.4. The number of carbonyl (C=O) groups excluding carboxylic acids is 2. The van der Waals surface area contributed by atoms with Crippen molar-refractivity contribution in [3.05, 3.63) is 75.2 Å². The summed E-state index contributed by atoms with van der Waals surface area (Å²) in [5.74, 6) is -1.46. The summed E-state index contributed by atoms with van der Waals surface area (Å²) < 4.78 is 6.87. The lowest BCUT2D eigenvalue weighted by atomic mass is 9.89. The van der Waals surface area contributed by atoms with E-state index in [1.165, 1.54) is 0 Å². The Morgan fingerprint density at radius 2 is 1.89 bits per heavy atom. The number of aryl methyl sites for hydroxylation is 1. The average Bonchev–Trinajstić information content (AvgIpc) is 3.50. The van der Waals surface area contributed by atoms with Gasteiger partial charge in [-0.2, -0.15) is 5.26 Å². The zero-order chi connectivity index (χ0) is 26.9. The molecule has 1 aromatic heterocycles. The van der Waals surface area contributed by atoms with Crippen molar-refractivity contribution in [2.24, 2.45) is 18.9 Å². The predicted octanol–water partition coefficient (Wildman–Crippen LogP) is 3.87. The molecular weight excluding hydrogens is 480 g/mol. The van der Waals surface area contributed by atoms with Crippen LogP contribution in [0.4, 0.5) is 0 Å². The van der Waals surface area contributed by atoms with Gasteiger partial charge in [0.05, 0.1) is 34.8 Å². The van der Waals surface area contributed by atoms with Crippen molar-refractivity contribution >= 4 is 22.9 Å². The second-order valence-corrected chi connectivity index (χ2v) is 10.5. The minimum Gasteiger partial charge on any atom is -0.465 e. The summed E-state index contributed by atoms with van der Waals surface area (Å²) in [6, 6.07) is 15.0. The number of ether oxygens (including phenoxy) is 1. The third kappa shape index (κ3) is 4.93. The molecule has 0 saturated heterocycles. The summed E-state index contributed by atoms with van der Waals surface area (Å²) in [6.07, 6.45) is 5.67. The van der Waals surface area contributed by atoms with Crippen molar-refractivity contribution in [3.8, 4) is 6.07 Å². The van der Waals surface area contributed by atoms with Crippen molar-refractivity contribution in [3.63, 3.8) is 0 Å². The lowest BCUT2D eigenvalue weighted by Crippen LogP contribution is -2.44. The van der Waals surface area contributed by atoms with Crippen LogP contribution in [0.1, 0.15) is 67.8 Å². The molecule has 38 heavy (non-hydrogen) atoms. The zero-order valence-corrected chi connectivity index (χ0v) is 21.8. The second kappa shape index (κ2) is 10.4. The van der Waals surface area contributed by atoms with Crippen molar-refractivity contribution in [2.45, 2.75) is 57.4 Å². The van der Waals surface area contributed by atoms with Gasteiger partial charge in [-0.1, -0.05) is 31.0 Å². The lowest BCUT2D eigenvalue weighted by Gasteiger charge is -2.25. The summed E-state index contributed by atoms with van der Waals surface area (Å²) in [5, 5.41) is 12.2. The molecular formula is C30H32N4O4. The quantitative estimate of drug-likeness (QED) is 0.362. The summed E-state index contributed by atoms with van der Waals surface area (Å²) >= 11 is 0. The van der Waals surface area contributed by atoms with Crippen LogP contribution in [0.3, 0.4) is 0 Å². The maximum Gasteiger partial charge on any atom is 0.318 e. The van der Waals surface area contributed by atoms with Crippen molar-refractivity contribution in [1.82, 2.24) is 14.9 Å². The highest BCUT2D eigenvalue weighted by Crippen LogP contribution is 2.46. The Morgan fingerprint density at radius 1 is 1.18 bits per heavy atom. The number of esters is 1. The number of nitrogens with one attached hydrogen (secondary N) is 1. The van der Waals surface area contributed by atoms with Crippen LogP contribution in [0, 0.1) is 23.2 Å². The average molecular weight is 513 g/mol. The minimum atomic E-state index is -0.784. The molecule has 2 aromatic carbocycles. The van der Waals surface area contributed by atoms with E-state index in [0.29, 0.717) is 28.7 Å². The Kier molecular flexibility index (Phi) is 7.02. The number of hydrogen-bond acceptors (Lipinski definition) is 6. The van der Waals surface area contributed by atoms with E-state index >= 15 is 0 Å². The van der Waals surface area contributed by atoms with E-state index in [1.54, 1.807) is 30.7 Å². The number of amides is 1. The van der Waals surface area contributed by atoms with Gasteiger partial charge in [0.1, 0.15) is 11.6 Å². The smallest absolute Gasteiger partial charge is 0.318 e. The molecule has 2 saturated carbocycles. The standard InChI is InChI=1S/C30H32N4O4/c1-3-38-29(37)26(21-6-4-5-7-21)27(35)33-30(14-15-30)22-12-13-25-23(17-22)32-24(28(36)34(25)2)16-19-8-10-20(18-31)11-9-19/h8-13,17,21,26H,3-7,14-16H2,1-2H3,(H,33,35). The van der Waals surface area contributed by atoms with E-state index in [1.807, 2.05) is 30.3 Å².